The molecule has 1 saturated heterocycles. The van der Waals surface area contributed by atoms with E-state index in [0.29, 0.717) is 25.0 Å². The van der Waals surface area contributed by atoms with Gasteiger partial charge in [-0.1, -0.05) is 0 Å². The first kappa shape index (κ1) is 14.1. The molecular weight excluding hydrogens is 298 g/mol. The van der Waals surface area contributed by atoms with Gasteiger partial charge in [-0.2, -0.15) is 24.7 Å². The van der Waals surface area contributed by atoms with Crippen LogP contribution in [0.5, 0.6) is 0 Å². The molecule has 10 heteroatoms. The highest BCUT2D eigenvalue weighted by Crippen LogP contribution is 2.21. The van der Waals surface area contributed by atoms with E-state index < -0.39 is 0 Å². The molecule has 2 aromatic heterocycles. The lowest BCUT2D eigenvalue weighted by atomic mass is 10.3. The average molecular weight is 312 g/mol. The Morgan fingerprint density at radius 2 is 1.76 bits per heavy atom. The predicted octanol–water partition coefficient (Wildman–Crippen LogP) is -0.0443. The van der Waals surface area contributed by atoms with Crippen molar-refractivity contribution in [3.05, 3.63) is 17.9 Å². The van der Waals surface area contributed by atoms with E-state index in [1.54, 1.807) is 14.2 Å². The molecule has 0 aromatic carbocycles. The van der Waals surface area contributed by atoms with Crippen LogP contribution in [0.3, 0.4) is 0 Å². The molecule has 3 rings (SSSR count). The van der Waals surface area contributed by atoms with Gasteiger partial charge in [0.15, 0.2) is 0 Å². The van der Waals surface area contributed by atoms with Gasteiger partial charge in [0.05, 0.1) is 0 Å². The summed E-state index contributed by atoms with van der Waals surface area (Å²) in [5.41, 5.74) is 0. The van der Waals surface area contributed by atoms with E-state index in [1.165, 1.54) is 17.3 Å². The zero-order chi connectivity index (χ0) is 14.8. The molecule has 1 aliphatic heterocycles. The Kier molecular flexibility index (Phi) is 3.95. The van der Waals surface area contributed by atoms with Crippen molar-refractivity contribution in [1.82, 2.24) is 29.7 Å². The Labute approximate surface area is 125 Å². The van der Waals surface area contributed by atoms with Crippen LogP contribution in [0, 0.1) is 0 Å². The third-order valence-corrected chi connectivity index (χ3v) is 3.48. The molecule has 0 radical (unpaired) electrons. The van der Waals surface area contributed by atoms with Crippen LogP contribution in [0.2, 0.25) is 5.28 Å². The summed E-state index contributed by atoms with van der Waals surface area (Å²) >= 11 is 5.97. The van der Waals surface area contributed by atoms with Gasteiger partial charge in [0.1, 0.15) is 24.9 Å². The monoisotopic (exact) mass is 311 g/mol. The second-order valence-corrected chi connectivity index (χ2v) is 4.84. The number of aromatic nitrogens is 6. The quantitative estimate of drug-likeness (QED) is 0.776. The van der Waals surface area contributed by atoms with E-state index in [9.17, 15) is 0 Å². The Morgan fingerprint density at radius 3 is 2.33 bits per heavy atom. The van der Waals surface area contributed by atoms with Crippen molar-refractivity contribution in [3.63, 3.8) is 0 Å². The minimum Gasteiger partial charge on any atom is -0.377 e. The zero-order valence-electron chi connectivity index (χ0n) is 11.5. The summed E-state index contributed by atoms with van der Waals surface area (Å²) in [6.45, 7) is 1.23. The zero-order valence-corrected chi connectivity index (χ0v) is 12.3. The summed E-state index contributed by atoms with van der Waals surface area (Å²) in [4.78, 5) is 18.4. The topological polar surface area (TPSA) is 91.1 Å². The second-order valence-electron chi connectivity index (χ2n) is 4.50. The van der Waals surface area contributed by atoms with E-state index in [0.717, 1.165) is 0 Å². The smallest absolute Gasteiger partial charge is 0.258 e. The number of halogens is 1. The first-order chi connectivity index (χ1) is 10.2. The molecule has 1 fully saturated rings. The summed E-state index contributed by atoms with van der Waals surface area (Å²) in [5.74, 6) is 0.777. The minimum atomic E-state index is -0.0413. The summed E-state index contributed by atoms with van der Waals surface area (Å²) < 4.78 is 12.2. The van der Waals surface area contributed by atoms with E-state index >= 15 is 0 Å². The highest BCUT2D eigenvalue weighted by molar-refractivity contribution is 6.28. The lowest BCUT2D eigenvalue weighted by Crippen LogP contribution is -2.27. The van der Waals surface area contributed by atoms with Crippen LogP contribution in [0.25, 0.3) is 5.95 Å². The number of hydrogen-bond acceptors (Lipinski definition) is 8. The molecule has 0 bridgehead atoms. The molecule has 2 aromatic rings. The third-order valence-electron chi connectivity index (χ3n) is 3.31. The van der Waals surface area contributed by atoms with Crippen LogP contribution in [0.4, 0.5) is 5.95 Å². The number of nitrogens with zero attached hydrogens (tertiary/aromatic N) is 7. The summed E-state index contributed by atoms with van der Waals surface area (Å²) in [6.07, 6.45) is 2.81. The van der Waals surface area contributed by atoms with Crippen LogP contribution in [-0.4, -0.2) is 69.2 Å². The predicted molar refractivity (Wildman–Crippen MR) is 73.6 cm³/mol. The molecule has 0 amide bonds. The molecule has 2 unspecified atom stereocenters. The molecule has 3 heterocycles. The molecule has 0 saturated carbocycles. The molecular formula is C11H14ClN7O2. The lowest BCUT2D eigenvalue weighted by molar-refractivity contribution is -0.00461. The molecule has 21 heavy (non-hydrogen) atoms. The Hall–Kier alpha value is -1.84. The van der Waals surface area contributed by atoms with E-state index in [-0.39, 0.29) is 17.5 Å². The van der Waals surface area contributed by atoms with Gasteiger partial charge in [0.2, 0.25) is 11.2 Å². The molecule has 1 aliphatic rings. The van der Waals surface area contributed by atoms with Crippen molar-refractivity contribution in [2.24, 2.45) is 0 Å². The van der Waals surface area contributed by atoms with E-state index in [1.807, 2.05) is 4.90 Å². The second kappa shape index (κ2) is 5.88. The van der Waals surface area contributed by atoms with Crippen molar-refractivity contribution in [2.45, 2.75) is 12.2 Å². The van der Waals surface area contributed by atoms with Gasteiger partial charge < -0.3 is 14.4 Å². The first-order valence-electron chi connectivity index (χ1n) is 6.28. The molecule has 9 nitrogen and oxygen atoms in total. The standard InChI is InChI=1S/C11H14ClN7O2/c1-20-7-3-18(4-8(7)21-2)10-15-9(12)16-11(17-10)19-6-13-5-14-19/h5-8H,3-4H2,1-2H3. The van der Waals surface area contributed by atoms with Crippen molar-refractivity contribution in [3.8, 4) is 5.95 Å². The normalized spacial score (nSPS) is 22.0. The number of anilines is 1. The molecule has 0 spiro atoms. The highest BCUT2D eigenvalue weighted by Gasteiger charge is 2.34. The van der Waals surface area contributed by atoms with Crippen molar-refractivity contribution in [2.75, 3.05) is 32.2 Å². The Balaban J connectivity index is 1.89. The molecule has 2 atom stereocenters. The van der Waals surface area contributed by atoms with E-state index in [2.05, 4.69) is 25.0 Å². The maximum atomic E-state index is 5.97. The van der Waals surface area contributed by atoms with Gasteiger partial charge in [-0.25, -0.2) is 4.98 Å². The van der Waals surface area contributed by atoms with Crippen molar-refractivity contribution in [1.29, 1.82) is 0 Å². The van der Waals surface area contributed by atoms with Gasteiger partial charge in [0, 0.05) is 27.3 Å². The highest BCUT2D eigenvalue weighted by atomic mass is 35.5. The average Bonchev–Trinajstić information content (AvgIpc) is 3.15. The Morgan fingerprint density at radius 1 is 1.10 bits per heavy atom. The van der Waals surface area contributed by atoms with Crippen LogP contribution in [0.1, 0.15) is 0 Å². The minimum absolute atomic E-state index is 0.0413. The Bertz CT molecular complexity index is 597. The summed E-state index contributed by atoms with van der Waals surface area (Å²) in [7, 11) is 3.31. The van der Waals surface area contributed by atoms with Gasteiger partial charge in [0.25, 0.3) is 5.95 Å². The fraction of sp³-hybridized carbons (Fsp3) is 0.545. The van der Waals surface area contributed by atoms with Gasteiger partial charge in [-0.3, -0.25) is 0 Å². The van der Waals surface area contributed by atoms with Crippen LogP contribution in [0.15, 0.2) is 12.7 Å². The van der Waals surface area contributed by atoms with Crippen LogP contribution < -0.4 is 4.90 Å². The largest absolute Gasteiger partial charge is 0.377 e. The molecule has 112 valence electrons. The third kappa shape index (κ3) is 2.80. The summed E-state index contributed by atoms with van der Waals surface area (Å²) in [6, 6.07) is 0. The number of methoxy groups -OCH3 is 2. The SMILES string of the molecule is COC1CN(c2nc(Cl)nc(-n3cncn3)n2)CC1OC. The maximum absolute atomic E-state index is 5.97. The summed E-state index contributed by atoms with van der Waals surface area (Å²) in [5, 5.41) is 4.08. The molecule has 0 N–H and O–H groups in total. The number of rotatable bonds is 4. The van der Waals surface area contributed by atoms with Crippen LogP contribution in [-0.2, 0) is 9.47 Å². The fourth-order valence-electron chi connectivity index (χ4n) is 2.24. The van der Waals surface area contributed by atoms with Crippen LogP contribution >= 0.6 is 11.6 Å². The lowest BCUT2D eigenvalue weighted by Gasteiger charge is -2.15. The number of ether oxygens (including phenoxy) is 2. The maximum Gasteiger partial charge on any atom is 0.258 e. The fourth-order valence-corrected chi connectivity index (χ4v) is 2.40. The number of hydrogen-bond donors (Lipinski definition) is 0. The van der Waals surface area contributed by atoms with Crippen molar-refractivity contribution < 1.29 is 9.47 Å². The van der Waals surface area contributed by atoms with Gasteiger partial charge in [-0.05, 0) is 11.6 Å². The van der Waals surface area contributed by atoms with Crippen molar-refractivity contribution >= 4 is 17.5 Å². The van der Waals surface area contributed by atoms with Gasteiger partial charge >= 0.3 is 0 Å². The van der Waals surface area contributed by atoms with Gasteiger partial charge in [-0.15, -0.1) is 0 Å². The first-order valence-corrected chi connectivity index (χ1v) is 6.66. The van der Waals surface area contributed by atoms with E-state index in [4.69, 9.17) is 21.1 Å². The molecule has 0 aliphatic carbocycles.